The zero-order chi connectivity index (χ0) is 13.5. The van der Waals surface area contributed by atoms with E-state index in [2.05, 4.69) is 16.0 Å². The van der Waals surface area contributed by atoms with Crippen LogP contribution in [0.4, 0.5) is 0 Å². The van der Waals surface area contributed by atoms with E-state index in [1.54, 1.807) is 0 Å². The Kier molecular flexibility index (Phi) is 4.79. The molecule has 4 heteroatoms. The van der Waals surface area contributed by atoms with Gasteiger partial charge in [-0.25, -0.2) is 4.99 Å². The normalized spacial score (nSPS) is 16.8. The molecule has 1 saturated heterocycles. The van der Waals surface area contributed by atoms with Crippen LogP contribution in [-0.4, -0.2) is 23.9 Å². The number of nitrogens with two attached hydrogens (primary N) is 1. The molecular weight excluding hydrogens is 236 g/mol. The molecule has 0 amide bonds. The first-order valence-corrected chi connectivity index (χ1v) is 6.83. The topological polar surface area (TPSA) is 65.4 Å². The van der Waals surface area contributed by atoms with Crippen molar-refractivity contribution >= 4 is 5.96 Å². The maximum absolute atomic E-state index is 8.74. The van der Waals surface area contributed by atoms with E-state index in [9.17, 15) is 0 Å². The smallest absolute Gasteiger partial charge is 0.191 e. The van der Waals surface area contributed by atoms with Gasteiger partial charge in [0.05, 0.1) is 18.2 Å². The third kappa shape index (κ3) is 3.99. The van der Waals surface area contributed by atoms with Gasteiger partial charge in [-0.3, -0.25) is 0 Å². The van der Waals surface area contributed by atoms with E-state index in [0.29, 0.717) is 18.1 Å². The summed E-state index contributed by atoms with van der Waals surface area (Å²) in [5.41, 5.74) is 7.80. The highest BCUT2D eigenvalue weighted by Crippen LogP contribution is 2.10. The zero-order valence-corrected chi connectivity index (χ0v) is 11.2. The molecule has 1 aromatic rings. The number of guanidine groups is 1. The van der Waals surface area contributed by atoms with Crippen molar-refractivity contribution in [3.63, 3.8) is 0 Å². The lowest BCUT2D eigenvalue weighted by Crippen LogP contribution is -2.38. The van der Waals surface area contributed by atoms with Crippen molar-refractivity contribution in [3.05, 3.63) is 35.4 Å². The van der Waals surface area contributed by atoms with Gasteiger partial charge < -0.3 is 10.6 Å². The molecule has 1 aromatic carbocycles. The Hall–Kier alpha value is -2.02. The number of aliphatic imine (C=N–C) groups is 1. The molecule has 0 radical (unpaired) electrons. The van der Waals surface area contributed by atoms with E-state index >= 15 is 0 Å². The van der Waals surface area contributed by atoms with Gasteiger partial charge in [-0.2, -0.15) is 5.26 Å². The van der Waals surface area contributed by atoms with Crippen LogP contribution in [0.5, 0.6) is 0 Å². The molecule has 1 aliphatic heterocycles. The Bertz CT molecular complexity index is 462. The third-order valence-electron chi connectivity index (χ3n) is 3.44. The standard InChI is InChI=1S/C15H20N4/c16-11-13-5-7-14(8-6-13)12-18-15(17)19-9-3-1-2-4-10-19/h5-8H,1-4,9-10,12H2,(H2,17,18). The lowest BCUT2D eigenvalue weighted by molar-refractivity contribution is 0.428. The minimum Gasteiger partial charge on any atom is -0.370 e. The number of benzene rings is 1. The number of rotatable bonds is 2. The first-order chi connectivity index (χ1) is 9.29. The number of likely N-dealkylation sites (tertiary alicyclic amines) is 1. The summed E-state index contributed by atoms with van der Waals surface area (Å²) in [5, 5.41) is 8.74. The van der Waals surface area contributed by atoms with Gasteiger partial charge in [0.2, 0.25) is 0 Å². The van der Waals surface area contributed by atoms with Gasteiger partial charge in [0.1, 0.15) is 0 Å². The second-order valence-corrected chi connectivity index (χ2v) is 4.88. The molecule has 2 N–H and O–H groups in total. The van der Waals surface area contributed by atoms with Crippen molar-refractivity contribution in [2.75, 3.05) is 13.1 Å². The van der Waals surface area contributed by atoms with Gasteiger partial charge in [0, 0.05) is 13.1 Å². The van der Waals surface area contributed by atoms with E-state index in [0.717, 1.165) is 18.7 Å². The highest BCUT2D eigenvalue weighted by Gasteiger charge is 2.10. The second-order valence-electron chi connectivity index (χ2n) is 4.88. The number of nitriles is 1. The van der Waals surface area contributed by atoms with Gasteiger partial charge in [-0.1, -0.05) is 25.0 Å². The summed E-state index contributed by atoms with van der Waals surface area (Å²) >= 11 is 0. The van der Waals surface area contributed by atoms with Crippen LogP contribution in [0.3, 0.4) is 0 Å². The minimum atomic E-state index is 0.577. The van der Waals surface area contributed by atoms with Crippen LogP contribution in [0.15, 0.2) is 29.3 Å². The lowest BCUT2D eigenvalue weighted by atomic mass is 10.1. The van der Waals surface area contributed by atoms with Crippen LogP contribution < -0.4 is 5.73 Å². The van der Waals surface area contributed by atoms with Crippen molar-refractivity contribution in [1.29, 1.82) is 5.26 Å². The molecule has 1 aliphatic rings. The van der Waals surface area contributed by atoms with Gasteiger partial charge in [-0.05, 0) is 30.5 Å². The Balaban J connectivity index is 1.94. The molecule has 4 nitrogen and oxygen atoms in total. The molecule has 1 fully saturated rings. The van der Waals surface area contributed by atoms with Gasteiger partial charge >= 0.3 is 0 Å². The number of hydrogen-bond acceptors (Lipinski definition) is 2. The molecular formula is C15H20N4. The largest absolute Gasteiger partial charge is 0.370 e. The molecule has 0 bridgehead atoms. The van der Waals surface area contributed by atoms with Crippen molar-refractivity contribution in [3.8, 4) is 6.07 Å². The van der Waals surface area contributed by atoms with E-state index in [1.807, 2.05) is 24.3 Å². The predicted octanol–water partition coefficient (Wildman–Crippen LogP) is 2.25. The number of nitrogens with zero attached hydrogens (tertiary/aromatic N) is 3. The summed E-state index contributed by atoms with van der Waals surface area (Å²) in [6.45, 7) is 2.61. The summed E-state index contributed by atoms with van der Waals surface area (Å²) in [6, 6.07) is 9.59. The quantitative estimate of drug-likeness (QED) is 0.652. The lowest BCUT2D eigenvalue weighted by Gasteiger charge is -2.21. The summed E-state index contributed by atoms with van der Waals surface area (Å²) in [5.74, 6) is 0.645. The average Bonchev–Trinajstić information content (AvgIpc) is 2.74. The Morgan fingerprint density at radius 3 is 2.37 bits per heavy atom. The first kappa shape index (κ1) is 13.4. The number of hydrogen-bond donors (Lipinski definition) is 1. The van der Waals surface area contributed by atoms with Crippen molar-refractivity contribution in [2.45, 2.75) is 32.2 Å². The van der Waals surface area contributed by atoms with Crippen LogP contribution in [0.2, 0.25) is 0 Å². The molecule has 0 aliphatic carbocycles. The Labute approximate surface area is 114 Å². The molecule has 19 heavy (non-hydrogen) atoms. The molecule has 1 heterocycles. The molecule has 100 valence electrons. The first-order valence-electron chi connectivity index (χ1n) is 6.83. The van der Waals surface area contributed by atoms with Gasteiger partial charge in [-0.15, -0.1) is 0 Å². The highest BCUT2D eigenvalue weighted by molar-refractivity contribution is 5.78. The highest BCUT2D eigenvalue weighted by atomic mass is 15.2. The fourth-order valence-electron chi connectivity index (χ4n) is 2.26. The summed E-state index contributed by atoms with van der Waals surface area (Å²) in [7, 11) is 0. The summed E-state index contributed by atoms with van der Waals surface area (Å²) < 4.78 is 0. The average molecular weight is 256 g/mol. The van der Waals surface area contributed by atoms with Crippen molar-refractivity contribution in [1.82, 2.24) is 4.90 Å². The van der Waals surface area contributed by atoms with Crippen molar-refractivity contribution in [2.24, 2.45) is 10.7 Å². The fourth-order valence-corrected chi connectivity index (χ4v) is 2.26. The van der Waals surface area contributed by atoms with Gasteiger partial charge in [0.25, 0.3) is 0 Å². The van der Waals surface area contributed by atoms with Crippen LogP contribution in [0.25, 0.3) is 0 Å². The van der Waals surface area contributed by atoms with Crippen LogP contribution >= 0.6 is 0 Å². The van der Waals surface area contributed by atoms with Crippen molar-refractivity contribution < 1.29 is 0 Å². The monoisotopic (exact) mass is 256 g/mol. The summed E-state index contributed by atoms with van der Waals surface area (Å²) in [4.78, 5) is 6.63. The van der Waals surface area contributed by atoms with E-state index in [-0.39, 0.29) is 0 Å². The maximum Gasteiger partial charge on any atom is 0.191 e. The minimum absolute atomic E-state index is 0.577. The maximum atomic E-state index is 8.74. The predicted molar refractivity (Wildman–Crippen MR) is 76.5 cm³/mol. The third-order valence-corrected chi connectivity index (χ3v) is 3.44. The van der Waals surface area contributed by atoms with E-state index in [1.165, 1.54) is 25.7 Å². The van der Waals surface area contributed by atoms with E-state index in [4.69, 9.17) is 11.0 Å². The fraction of sp³-hybridized carbons (Fsp3) is 0.467. The Morgan fingerprint density at radius 1 is 1.16 bits per heavy atom. The van der Waals surface area contributed by atoms with Gasteiger partial charge in [0.15, 0.2) is 5.96 Å². The molecule has 0 unspecified atom stereocenters. The SMILES string of the molecule is N#Cc1ccc(CN=C(N)N2CCCCCC2)cc1. The van der Waals surface area contributed by atoms with Crippen LogP contribution in [-0.2, 0) is 6.54 Å². The molecule has 0 spiro atoms. The van der Waals surface area contributed by atoms with E-state index < -0.39 is 0 Å². The Morgan fingerprint density at radius 2 is 1.79 bits per heavy atom. The molecule has 0 aromatic heterocycles. The second kappa shape index (κ2) is 6.79. The molecule has 2 rings (SSSR count). The van der Waals surface area contributed by atoms with Crippen LogP contribution in [0.1, 0.15) is 36.8 Å². The summed E-state index contributed by atoms with van der Waals surface area (Å²) in [6.07, 6.45) is 4.99. The van der Waals surface area contributed by atoms with Crippen LogP contribution in [0, 0.1) is 11.3 Å². The molecule has 0 saturated carbocycles. The zero-order valence-electron chi connectivity index (χ0n) is 11.2. The molecule has 0 atom stereocenters.